The summed E-state index contributed by atoms with van der Waals surface area (Å²) < 4.78 is 10.3. The van der Waals surface area contributed by atoms with Crippen molar-refractivity contribution in [1.82, 2.24) is 0 Å². The van der Waals surface area contributed by atoms with Gasteiger partial charge < -0.3 is 19.7 Å². The van der Waals surface area contributed by atoms with E-state index in [0.717, 1.165) is 10.8 Å². The Morgan fingerprint density at radius 3 is 2.36 bits per heavy atom. The summed E-state index contributed by atoms with van der Waals surface area (Å²) in [4.78, 5) is 0. The van der Waals surface area contributed by atoms with Crippen LogP contribution in [0, 0.1) is 0 Å². The second-order valence-electron chi connectivity index (χ2n) is 3.16. The van der Waals surface area contributed by atoms with Gasteiger partial charge in [-0.15, -0.1) is 0 Å². The third-order valence-electron chi connectivity index (χ3n) is 2.16. The van der Waals surface area contributed by atoms with Crippen LogP contribution < -0.4 is 5.73 Å². The zero-order valence-corrected chi connectivity index (χ0v) is 7.15. The van der Waals surface area contributed by atoms with Crippen LogP contribution in [-0.2, 0) is 0 Å². The molecule has 0 saturated carbocycles. The lowest BCUT2D eigenvalue weighted by Crippen LogP contribution is -1.75. The predicted octanol–water partition coefficient (Wildman–Crippen LogP) is 2.47. The molecule has 3 N–H and O–H groups in total. The molecule has 0 aliphatic rings. The molecule has 2 heterocycles. The Bertz CT molecular complexity index is 518. The molecule has 0 fully saturated rings. The second-order valence-corrected chi connectivity index (χ2v) is 3.16. The smallest absolute Gasteiger partial charge is 0.282 e. The van der Waals surface area contributed by atoms with Crippen LogP contribution >= 0.6 is 0 Å². The molecule has 0 atom stereocenters. The highest BCUT2D eigenvalue weighted by molar-refractivity contribution is 5.94. The maximum atomic E-state index is 9.13. The molecule has 0 unspecified atom stereocenters. The van der Waals surface area contributed by atoms with Gasteiger partial charge in [0.1, 0.15) is 11.2 Å². The quantitative estimate of drug-likeness (QED) is 0.569. The van der Waals surface area contributed by atoms with Crippen LogP contribution in [0.1, 0.15) is 0 Å². The van der Waals surface area contributed by atoms with Gasteiger partial charge in [-0.2, -0.15) is 0 Å². The lowest BCUT2D eigenvalue weighted by molar-refractivity contribution is 0.346. The number of nitrogen functional groups attached to an aromatic ring is 1. The van der Waals surface area contributed by atoms with Crippen LogP contribution in [0.25, 0.3) is 21.9 Å². The van der Waals surface area contributed by atoms with Crippen molar-refractivity contribution < 1.29 is 13.9 Å². The Morgan fingerprint density at radius 1 is 0.929 bits per heavy atom. The molecule has 0 amide bonds. The van der Waals surface area contributed by atoms with Gasteiger partial charge >= 0.3 is 0 Å². The maximum Gasteiger partial charge on any atom is 0.282 e. The number of nitrogens with two attached hydrogens (primary N) is 1. The first kappa shape index (κ1) is 7.32. The first-order valence-electron chi connectivity index (χ1n) is 4.14. The zero-order valence-electron chi connectivity index (χ0n) is 7.15. The number of fused-ring (bicyclic) bond motifs is 2. The van der Waals surface area contributed by atoms with Crippen LogP contribution in [0.2, 0.25) is 0 Å². The van der Waals surface area contributed by atoms with Crippen molar-refractivity contribution in [3.8, 4) is 5.95 Å². The van der Waals surface area contributed by atoms with E-state index in [1.165, 1.54) is 6.07 Å². The molecule has 2 aromatic heterocycles. The normalized spacial score (nSPS) is 11.4. The van der Waals surface area contributed by atoms with Gasteiger partial charge in [0.2, 0.25) is 0 Å². The second kappa shape index (κ2) is 2.23. The number of hydrogen-bond donors (Lipinski definition) is 2. The van der Waals surface area contributed by atoms with Crippen molar-refractivity contribution in [3.63, 3.8) is 0 Å². The van der Waals surface area contributed by atoms with Gasteiger partial charge in [-0.05, 0) is 12.1 Å². The minimum absolute atomic E-state index is 0.0966. The molecule has 0 saturated heterocycles. The first-order valence-corrected chi connectivity index (χ1v) is 4.14. The molecular formula is C10H7NO3. The minimum Gasteiger partial charge on any atom is -0.481 e. The van der Waals surface area contributed by atoms with E-state index in [1.807, 2.05) is 0 Å². The average molecular weight is 189 g/mol. The van der Waals surface area contributed by atoms with E-state index >= 15 is 0 Å². The van der Waals surface area contributed by atoms with Crippen molar-refractivity contribution >= 4 is 27.8 Å². The molecule has 14 heavy (non-hydrogen) atoms. The number of benzene rings is 1. The Hall–Kier alpha value is -2.10. The summed E-state index contributed by atoms with van der Waals surface area (Å²) in [6.45, 7) is 0. The van der Waals surface area contributed by atoms with Crippen molar-refractivity contribution in [3.05, 3.63) is 24.3 Å². The highest BCUT2D eigenvalue weighted by Gasteiger charge is 2.07. The molecular weight excluding hydrogens is 182 g/mol. The van der Waals surface area contributed by atoms with Gasteiger partial charge in [-0.25, -0.2) is 0 Å². The molecule has 1 aromatic carbocycles. The van der Waals surface area contributed by atoms with E-state index in [9.17, 15) is 0 Å². The molecule has 4 heteroatoms. The Morgan fingerprint density at radius 2 is 1.57 bits per heavy atom. The SMILES string of the molecule is Nc1cc2cc3oc(O)cc3cc2o1. The average Bonchev–Trinajstić information content (AvgIpc) is 2.59. The van der Waals surface area contributed by atoms with Crippen LogP contribution in [-0.4, -0.2) is 5.11 Å². The number of hydrogen-bond acceptors (Lipinski definition) is 4. The summed E-state index contributed by atoms with van der Waals surface area (Å²) in [5.74, 6) is 0.275. The molecule has 3 aromatic rings. The molecule has 3 rings (SSSR count). The maximum absolute atomic E-state index is 9.13. The standard InChI is InChI=1S/C10H7NO3/c11-9-3-5-1-8-6(2-7(5)13-9)4-10(12)14-8/h1-4,12H,11H2. The van der Waals surface area contributed by atoms with Gasteiger partial charge in [0.15, 0.2) is 5.88 Å². The van der Waals surface area contributed by atoms with Crippen molar-refractivity contribution in [2.45, 2.75) is 0 Å². The van der Waals surface area contributed by atoms with Gasteiger partial charge in [-0.1, -0.05) is 0 Å². The van der Waals surface area contributed by atoms with E-state index in [1.54, 1.807) is 18.2 Å². The van der Waals surface area contributed by atoms with Crippen LogP contribution in [0.5, 0.6) is 5.95 Å². The summed E-state index contributed by atoms with van der Waals surface area (Å²) >= 11 is 0. The van der Waals surface area contributed by atoms with Crippen LogP contribution in [0.3, 0.4) is 0 Å². The molecule has 0 spiro atoms. The molecule has 0 radical (unpaired) electrons. The topological polar surface area (TPSA) is 72.5 Å². The van der Waals surface area contributed by atoms with Gasteiger partial charge in [-0.3, -0.25) is 0 Å². The highest BCUT2D eigenvalue weighted by Crippen LogP contribution is 2.30. The lowest BCUT2D eigenvalue weighted by Gasteiger charge is -1.87. The number of anilines is 1. The van der Waals surface area contributed by atoms with Crippen molar-refractivity contribution in [2.24, 2.45) is 0 Å². The molecule has 4 nitrogen and oxygen atoms in total. The van der Waals surface area contributed by atoms with E-state index < -0.39 is 0 Å². The predicted molar refractivity (Wildman–Crippen MR) is 52.1 cm³/mol. The zero-order chi connectivity index (χ0) is 9.71. The summed E-state index contributed by atoms with van der Waals surface area (Å²) in [5, 5.41) is 10.8. The van der Waals surface area contributed by atoms with Gasteiger partial charge in [0.25, 0.3) is 5.95 Å². The fourth-order valence-corrected chi connectivity index (χ4v) is 1.58. The van der Waals surface area contributed by atoms with E-state index in [0.29, 0.717) is 17.1 Å². The Labute approximate surface area is 78.5 Å². The lowest BCUT2D eigenvalue weighted by atomic mass is 10.2. The number of aromatic hydroxyl groups is 1. The van der Waals surface area contributed by atoms with Gasteiger partial charge in [0, 0.05) is 22.9 Å². The highest BCUT2D eigenvalue weighted by atomic mass is 16.5. The summed E-state index contributed by atoms with van der Waals surface area (Å²) in [6, 6.07) is 6.82. The molecule has 70 valence electrons. The molecule has 0 bridgehead atoms. The van der Waals surface area contributed by atoms with E-state index in [-0.39, 0.29) is 5.95 Å². The van der Waals surface area contributed by atoms with E-state index in [2.05, 4.69) is 0 Å². The van der Waals surface area contributed by atoms with E-state index in [4.69, 9.17) is 19.7 Å². The molecule has 0 aliphatic carbocycles. The minimum atomic E-state index is -0.0966. The number of furan rings is 2. The summed E-state index contributed by atoms with van der Waals surface area (Å²) in [5.41, 5.74) is 6.82. The largest absolute Gasteiger partial charge is 0.481 e. The monoisotopic (exact) mass is 189 g/mol. The summed E-state index contributed by atoms with van der Waals surface area (Å²) in [6.07, 6.45) is 0. The van der Waals surface area contributed by atoms with Crippen LogP contribution in [0.15, 0.2) is 33.1 Å². The number of rotatable bonds is 0. The van der Waals surface area contributed by atoms with Crippen LogP contribution in [0.4, 0.5) is 5.88 Å². The Kier molecular flexibility index (Phi) is 1.16. The van der Waals surface area contributed by atoms with Crippen molar-refractivity contribution in [1.29, 1.82) is 0 Å². The van der Waals surface area contributed by atoms with Gasteiger partial charge in [0.05, 0.1) is 0 Å². The van der Waals surface area contributed by atoms with Crippen molar-refractivity contribution in [2.75, 3.05) is 5.73 Å². The summed E-state index contributed by atoms with van der Waals surface area (Å²) in [7, 11) is 0. The Balaban J connectivity index is 2.49. The fraction of sp³-hybridized carbons (Fsp3) is 0. The first-order chi connectivity index (χ1) is 6.72. The third kappa shape index (κ3) is 0.877. The third-order valence-corrected chi connectivity index (χ3v) is 2.16. The fourth-order valence-electron chi connectivity index (χ4n) is 1.58. The molecule has 0 aliphatic heterocycles.